The van der Waals surface area contributed by atoms with Crippen LogP contribution in [-0.4, -0.2) is 50.2 Å². The van der Waals surface area contributed by atoms with Gasteiger partial charge in [-0.25, -0.2) is 8.78 Å². The van der Waals surface area contributed by atoms with Crippen molar-refractivity contribution in [1.82, 2.24) is 4.90 Å². The molecule has 5 nitrogen and oxygen atoms in total. The molecule has 0 aliphatic carbocycles. The van der Waals surface area contributed by atoms with Gasteiger partial charge in [-0.05, 0) is 55.3 Å². The average Bonchev–Trinajstić information content (AvgIpc) is 2.75. The number of hydrogen-bond donors (Lipinski definition) is 1. The summed E-state index contributed by atoms with van der Waals surface area (Å²) in [6.45, 7) is 4.60. The number of carbonyl (C=O) groups is 1. The van der Waals surface area contributed by atoms with E-state index in [1.165, 1.54) is 18.2 Å². The number of likely N-dealkylation sites (tertiary alicyclic amines) is 1. The molecule has 1 amide bonds. The van der Waals surface area contributed by atoms with Crippen LogP contribution < -0.4 is 10.2 Å². The minimum Gasteiger partial charge on any atom is -0.378 e. The Kier molecular flexibility index (Phi) is 6.59. The molecule has 2 aliphatic heterocycles. The fourth-order valence-corrected chi connectivity index (χ4v) is 4.20. The topological polar surface area (TPSA) is 44.8 Å². The Hall–Kier alpha value is -2.51. The van der Waals surface area contributed by atoms with Crippen LogP contribution in [0.15, 0.2) is 42.5 Å². The number of hydrogen-bond acceptors (Lipinski definition) is 4. The van der Waals surface area contributed by atoms with E-state index in [-0.39, 0.29) is 23.5 Å². The van der Waals surface area contributed by atoms with Crippen molar-refractivity contribution >= 4 is 17.3 Å². The van der Waals surface area contributed by atoms with Gasteiger partial charge in [0.05, 0.1) is 24.8 Å². The normalized spacial score (nSPS) is 20.2. The molecule has 160 valence electrons. The molecule has 7 heteroatoms. The van der Waals surface area contributed by atoms with Gasteiger partial charge in [-0.1, -0.05) is 12.1 Å². The highest BCUT2D eigenvalue weighted by Crippen LogP contribution is 2.25. The van der Waals surface area contributed by atoms with Gasteiger partial charge >= 0.3 is 0 Å². The molecule has 2 aliphatic rings. The molecule has 2 saturated heterocycles. The van der Waals surface area contributed by atoms with Crippen molar-refractivity contribution in [3.63, 3.8) is 0 Å². The second kappa shape index (κ2) is 9.53. The van der Waals surface area contributed by atoms with Crippen molar-refractivity contribution in [3.05, 3.63) is 59.7 Å². The zero-order valence-electron chi connectivity index (χ0n) is 16.9. The van der Waals surface area contributed by atoms with Crippen molar-refractivity contribution in [2.75, 3.05) is 49.6 Å². The van der Waals surface area contributed by atoms with E-state index < -0.39 is 0 Å². The molecule has 1 atom stereocenters. The molecule has 2 heterocycles. The number of benzene rings is 2. The lowest BCUT2D eigenvalue weighted by Gasteiger charge is -2.32. The molecule has 4 rings (SSSR count). The fraction of sp³-hybridized carbons (Fsp3) is 0.435. The molecule has 2 aromatic carbocycles. The van der Waals surface area contributed by atoms with Crippen molar-refractivity contribution in [2.45, 2.75) is 19.4 Å². The van der Waals surface area contributed by atoms with Crippen LogP contribution in [0.1, 0.15) is 18.4 Å². The largest absolute Gasteiger partial charge is 0.378 e. The highest BCUT2D eigenvalue weighted by Gasteiger charge is 2.26. The van der Waals surface area contributed by atoms with Crippen LogP contribution in [0.3, 0.4) is 0 Å². The van der Waals surface area contributed by atoms with Gasteiger partial charge in [-0.2, -0.15) is 0 Å². The highest BCUT2D eigenvalue weighted by atomic mass is 19.1. The van der Waals surface area contributed by atoms with Gasteiger partial charge in [0.25, 0.3) is 0 Å². The molecule has 0 saturated carbocycles. The first kappa shape index (κ1) is 20.8. The third-order valence-electron chi connectivity index (χ3n) is 5.74. The van der Waals surface area contributed by atoms with Gasteiger partial charge < -0.3 is 15.0 Å². The van der Waals surface area contributed by atoms with Crippen molar-refractivity contribution in [2.24, 2.45) is 5.92 Å². The van der Waals surface area contributed by atoms with E-state index in [4.69, 9.17) is 4.74 Å². The Bertz CT molecular complexity index is 887. The summed E-state index contributed by atoms with van der Waals surface area (Å²) in [5.74, 6) is -0.862. The van der Waals surface area contributed by atoms with E-state index in [9.17, 15) is 13.6 Å². The zero-order chi connectivity index (χ0) is 20.9. The summed E-state index contributed by atoms with van der Waals surface area (Å²) in [5, 5.41) is 2.87. The number of piperidine rings is 1. The molecule has 0 bridgehead atoms. The molecule has 1 N–H and O–H groups in total. The number of ether oxygens (including phenoxy) is 1. The maximum absolute atomic E-state index is 14.6. The van der Waals surface area contributed by atoms with Crippen molar-refractivity contribution in [3.8, 4) is 0 Å². The van der Waals surface area contributed by atoms with Crippen LogP contribution in [0.5, 0.6) is 0 Å². The van der Waals surface area contributed by atoms with Gasteiger partial charge in [0.1, 0.15) is 11.6 Å². The van der Waals surface area contributed by atoms with E-state index in [2.05, 4.69) is 10.2 Å². The third kappa shape index (κ3) is 5.15. The van der Waals surface area contributed by atoms with Gasteiger partial charge in [0, 0.05) is 31.9 Å². The molecule has 30 heavy (non-hydrogen) atoms. The molecule has 2 fully saturated rings. The average molecular weight is 415 g/mol. The summed E-state index contributed by atoms with van der Waals surface area (Å²) in [7, 11) is 0. The molecule has 0 radical (unpaired) electrons. The number of nitrogens with one attached hydrogen (secondary N) is 1. The lowest BCUT2D eigenvalue weighted by molar-refractivity contribution is -0.121. The standard InChI is InChI=1S/C23H27F2N3O2/c24-19-5-1-3-17(13-19)15-27-8-2-4-18(16-27)23(29)26-20-6-7-22(21(25)14-20)28-9-11-30-12-10-28/h1,3,5-7,13-14,18H,2,4,8-12,15-16H2,(H,26,29). The Morgan fingerprint density at radius 1 is 1.10 bits per heavy atom. The fourth-order valence-electron chi connectivity index (χ4n) is 4.20. The van der Waals surface area contributed by atoms with E-state index in [1.54, 1.807) is 18.2 Å². The summed E-state index contributed by atoms with van der Waals surface area (Å²) < 4.78 is 33.3. The molecular weight excluding hydrogens is 388 g/mol. The lowest BCUT2D eigenvalue weighted by Crippen LogP contribution is -2.40. The van der Waals surface area contributed by atoms with E-state index in [0.717, 1.165) is 24.9 Å². The molecule has 2 aromatic rings. The van der Waals surface area contributed by atoms with E-state index in [1.807, 2.05) is 11.0 Å². The predicted octanol–water partition coefficient (Wildman–Crippen LogP) is 3.65. The van der Waals surface area contributed by atoms with Crippen molar-refractivity contribution in [1.29, 1.82) is 0 Å². The first-order valence-electron chi connectivity index (χ1n) is 10.5. The smallest absolute Gasteiger partial charge is 0.228 e. The van der Waals surface area contributed by atoms with Gasteiger partial charge in [0.2, 0.25) is 5.91 Å². The second-order valence-electron chi connectivity index (χ2n) is 7.96. The van der Waals surface area contributed by atoms with Crippen LogP contribution in [0.25, 0.3) is 0 Å². The number of morpholine rings is 1. The number of amides is 1. The van der Waals surface area contributed by atoms with E-state index in [0.29, 0.717) is 50.8 Å². The maximum atomic E-state index is 14.6. The third-order valence-corrected chi connectivity index (χ3v) is 5.74. The number of rotatable bonds is 5. The molecule has 0 spiro atoms. The van der Waals surface area contributed by atoms with E-state index >= 15 is 0 Å². The number of halogens is 2. The van der Waals surface area contributed by atoms with Gasteiger partial charge in [-0.3, -0.25) is 9.69 Å². The summed E-state index contributed by atoms with van der Waals surface area (Å²) in [4.78, 5) is 16.9. The number of carbonyl (C=O) groups excluding carboxylic acids is 1. The van der Waals surface area contributed by atoms with Crippen LogP contribution >= 0.6 is 0 Å². The lowest BCUT2D eigenvalue weighted by atomic mass is 9.96. The minimum atomic E-state index is -0.342. The van der Waals surface area contributed by atoms with Gasteiger partial charge in [-0.15, -0.1) is 0 Å². The van der Waals surface area contributed by atoms with Gasteiger partial charge in [0.15, 0.2) is 0 Å². The minimum absolute atomic E-state index is 0.0996. The molecule has 0 aromatic heterocycles. The zero-order valence-corrected chi connectivity index (χ0v) is 16.9. The molecule has 1 unspecified atom stereocenters. The van der Waals surface area contributed by atoms with Crippen LogP contribution in [0.4, 0.5) is 20.2 Å². The Morgan fingerprint density at radius 3 is 2.70 bits per heavy atom. The van der Waals surface area contributed by atoms with Crippen LogP contribution in [0.2, 0.25) is 0 Å². The molecular formula is C23H27F2N3O2. The first-order valence-corrected chi connectivity index (χ1v) is 10.5. The Morgan fingerprint density at radius 2 is 1.93 bits per heavy atom. The maximum Gasteiger partial charge on any atom is 0.228 e. The summed E-state index contributed by atoms with van der Waals surface area (Å²) in [6.07, 6.45) is 1.69. The SMILES string of the molecule is O=C(Nc1ccc(N2CCOCC2)c(F)c1)C1CCCN(Cc2cccc(F)c2)C1. The summed E-state index contributed by atoms with van der Waals surface area (Å²) in [5.41, 5.74) is 1.91. The summed E-state index contributed by atoms with van der Waals surface area (Å²) >= 11 is 0. The quantitative estimate of drug-likeness (QED) is 0.810. The number of nitrogens with zero attached hydrogens (tertiary/aromatic N) is 2. The predicted molar refractivity (Wildman–Crippen MR) is 112 cm³/mol. The monoisotopic (exact) mass is 415 g/mol. The number of anilines is 2. The Labute approximate surface area is 175 Å². The first-order chi connectivity index (χ1) is 14.6. The Balaban J connectivity index is 1.35. The van der Waals surface area contributed by atoms with Crippen LogP contribution in [0, 0.1) is 17.6 Å². The second-order valence-corrected chi connectivity index (χ2v) is 7.96. The van der Waals surface area contributed by atoms with Crippen molar-refractivity contribution < 1.29 is 18.3 Å². The highest BCUT2D eigenvalue weighted by molar-refractivity contribution is 5.93. The van der Waals surface area contributed by atoms with Crippen LogP contribution in [-0.2, 0) is 16.1 Å². The summed E-state index contributed by atoms with van der Waals surface area (Å²) in [6, 6.07) is 11.4.